The summed E-state index contributed by atoms with van der Waals surface area (Å²) in [6.07, 6.45) is -4.34. The minimum absolute atomic E-state index is 0.0126. The number of anilines is 1. The van der Waals surface area contributed by atoms with E-state index in [1.54, 1.807) is 43.3 Å². The van der Waals surface area contributed by atoms with Crippen molar-refractivity contribution in [3.8, 4) is 5.75 Å². The molecule has 11 heteroatoms. The largest absolute Gasteiger partial charge is 0.497 e. The molecule has 1 aromatic heterocycles. The molecule has 4 rings (SSSR count). The Labute approximate surface area is 221 Å². The molecule has 0 bridgehead atoms. The van der Waals surface area contributed by atoms with Crippen molar-refractivity contribution >= 4 is 29.1 Å². The van der Waals surface area contributed by atoms with Gasteiger partial charge in [-0.25, -0.2) is 0 Å². The molecule has 1 aliphatic rings. The number of aryl methyl sites for hydroxylation is 2. The first-order valence-electron chi connectivity index (χ1n) is 11.8. The SMILES string of the molecule is COc1ccc([C@@H]2CN(c3c(C)ccn(CCC(F)(F)F)c3=O)C(=O)C2NC(=O)c2ccc(Cl)cc2)cc1. The van der Waals surface area contributed by atoms with Crippen LogP contribution in [0.2, 0.25) is 5.02 Å². The minimum Gasteiger partial charge on any atom is -0.497 e. The number of nitrogens with one attached hydrogen (secondary N) is 1. The summed E-state index contributed by atoms with van der Waals surface area (Å²) in [6.45, 7) is 1.08. The predicted octanol–water partition coefficient (Wildman–Crippen LogP) is 4.70. The van der Waals surface area contributed by atoms with E-state index in [9.17, 15) is 27.6 Å². The second-order valence-corrected chi connectivity index (χ2v) is 9.43. The third-order valence-corrected chi connectivity index (χ3v) is 6.75. The van der Waals surface area contributed by atoms with Crippen LogP contribution in [0.1, 0.15) is 33.8 Å². The van der Waals surface area contributed by atoms with Gasteiger partial charge in [0.2, 0.25) is 5.91 Å². The maximum absolute atomic E-state index is 13.7. The molecule has 0 radical (unpaired) electrons. The summed E-state index contributed by atoms with van der Waals surface area (Å²) in [7, 11) is 1.52. The number of methoxy groups -OCH3 is 1. The quantitative estimate of drug-likeness (QED) is 0.465. The van der Waals surface area contributed by atoms with Crippen LogP contribution in [0.25, 0.3) is 0 Å². The number of alkyl halides is 3. The molecule has 3 aromatic rings. The Balaban J connectivity index is 1.71. The fourth-order valence-corrected chi connectivity index (χ4v) is 4.60. The van der Waals surface area contributed by atoms with E-state index in [1.807, 2.05) is 0 Å². The first kappa shape index (κ1) is 27.3. The fourth-order valence-electron chi connectivity index (χ4n) is 4.48. The summed E-state index contributed by atoms with van der Waals surface area (Å²) >= 11 is 5.92. The number of hydrogen-bond acceptors (Lipinski definition) is 4. The number of ether oxygens (including phenoxy) is 1. The molecule has 1 aliphatic heterocycles. The fraction of sp³-hybridized carbons (Fsp3) is 0.296. The summed E-state index contributed by atoms with van der Waals surface area (Å²) in [5, 5.41) is 3.22. The summed E-state index contributed by atoms with van der Waals surface area (Å²) in [5.41, 5.74) is 0.723. The molecule has 7 nitrogen and oxygen atoms in total. The van der Waals surface area contributed by atoms with E-state index in [2.05, 4.69) is 5.32 Å². The maximum atomic E-state index is 13.7. The summed E-state index contributed by atoms with van der Waals surface area (Å²) in [6, 6.07) is 13.6. The van der Waals surface area contributed by atoms with Gasteiger partial charge in [0.25, 0.3) is 11.5 Å². The highest BCUT2D eigenvalue weighted by atomic mass is 35.5. The van der Waals surface area contributed by atoms with Crippen LogP contribution in [0, 0.1) is 6.92 Å². The molecule has 200 valence electrons. The summed E-state index contributed by atoms with van der Waals surface area (Å²) in [4.78, 5) is 41.2. The molecule has 1 fully saturated rings. The van der Waals surface area contributed by atoms with Crippen LogP contribution in [0.4, 0.5) is 18.9 Å². The topological polar surface area (TPSA) is 80.6 Å². The predicted molar refractivity (Wildman–Crippen MR) is 137 cm³/mol. The number of nitrogens with zero attached hydrogens (tertiary/aromatic N) is 2. The van der Waals surface area contributed by atoms with Gasteiger partial charge in [-0.15, -0.1) is 0 Å². The molecule has 0 aliphatic carbocycles. The number of halogens is 4. The molecule has 2 aromatic carbocycles. The monoisotopic (exact) mass is 547 g/mol. The standard InChI is InChI=1S/C27H25ClF3N3O4/c1-16-11-13-33(14-12-27(29,30)31)26(37)23(16)34-15-21(17-5-9-20(38-2)10-6-17)22(25(34)36)32-24(35)18-3-7-19(28)8-4-18/h3-11,13,21-22H,12,14-15H2,1-2H3,(H,32,35)/t21-,22?/m0/s1. The molecular weight excluding hydrogens is 523 g/mol. The number of benzene rings is 2. The van der Waals surface area contributed by atoms with Gasteiger partial charge < -0.3 is 19.5 Å². The Morgan fingerprint density at radius 3 is 2.34 bits per heavy atom. The second-order valence-electron chi connectivity index (χ2n) is 9.00. The number of hydrogen-bond donors (Lipinski definition) is 1. The van der Waals surface area contributed by atoms with Crippen LogP contribution >= 0.6 is 11.6 Å². The average Bonchev–Trinajstić information content (AvgIpc) is 3.19. The van der Waals surface area contributed by atoms with Crippen LogP contribution < -0.4 is 20.5 Å². The highest BCUT2D eigenvalue weighted by molar-refractivity contribution is 6.30. The number of pyridine rings is 1. The lowest BCUT2D eigenvalue weighted by atomic mass is 9.93. The van der Waals surface area contributed by atoms with E-state index in [0.717, 1.165) is 4.57 Å². The van der Waals surface area contributed by atoms with E-state index in [0.29, 0.717) is 27.5 Å². The van der Waals surface area contributed by atoms with Crippen molar-refractivity contribution in [3.63, 3.8) is 0 Å². The van der Waals surface area contributed by atoms with E-state index < -0.39 is 48.5 Å². The molecule has 2 heterocycles. The van der Waals surface area contributed by atoms with Crippen molar-refractivity contribution < 1.29 is 27.5 Å². The molecule has 1 saturated heterocycles. The van der Waals surface area contributed by atoms with Gasteiger partial charge in [-0.3, -0.25) is 14.4 Å². The van der Waals surface area contributed by atoms with Crippen LogP contribution in [0.15, 0.2) is 65.6 Å². The third kappa shape index (κ3) is 5.85. The van der Waals surface area contributed by atoms with E-state index >= 15 is 0 Å². The van der Waals surface area contributed by atoms with Crippen LogP contribution in [-0.4, -0.2) is 42.3 Å². The maximum Gasteiger partial charge on any atom is 0.390 e. The Morgan fingerprint density at radius 1 is 1.08 bits per heavy atom. The molecule has 1 N–H and O–H groups in total. The number of aromatic nitrogens is 1. The Hall–Kier alpha value is -3.79. The van der Waals surface area contributed by atoms with E-state index in [1.165, 1.54) is 36.4 Å². The number of carbonyl (C=O) groups excluding carboxylic acids is 2. The second kappa shape index (κ2) is 10.9. The zero-order valence-electron chi connectivity index (χ0n) is 20.6. The van der Waals surface area contributed by atoms with Crippen molar-refractivity contribution in [1.82, 2.24) is 9.88 Å². The average molecular weight is 548 g/mol. The first-order chi connectivity index (χ1) is 18.0. The van der Waals surface area contributed by atoms with Gasteiger partial charge in [-0.1, -0.05) is 23.7 Å². The van der Waals surface area contributed by atoms with Crippen molar-refractivity contribution in [3.05, 3.63) is 92.9 Å². The van der Waals surface area contributed by atoms with Crippen molar-refractivity contribution in [2.24, 2.45) is 0 Å². The van der Waals surface area contributed by atoms with Gasteiger partial charge in [0.05, 0.1) is 13.5 Å². The Kier molecular flexibility index (Phi) is 7.82. The number of rotatable bonds is 7. The minimum atomic E-state index is -4.44. The lowest BCUT2D eigenvalue weighted by Crippen LogP contribution is -2.44. The van der Waals surface area contributed by atoms with Crippen molar-refractivity contribution in [2.45, 2.75) is 38.0 Å². The van der Waals surface area contributed by atoms with Gasteiger partial charge in [0.15, 0.2) is 0 Å². The Morgan fingerprint density at radius 2 is 1.74 bits per heavy atom. The van der Waals surface area contributed by atoms with Gasteiger partial charge >= 0.3 is 6.18 Å². The molecule has 1 unspecified atom stereocenters. The smallest absolute Gasteiger partial charge is 0.390 e. The summed E-state index contributed by atoms with van der Waals surface area (Å²) in [5.74, 6) is -0.995. The first-order valence-corrected chi connectivity index (χ1v) is 12.1. The van der Waals surface area contributed by atoms with Crippen LogP contribution in [-0.2, 0) is 11.3 Å². The van der Waals surface area contributed by atoms with Crippen molar-refractivity contribution in [1.29, 1.82) is 0 Å². The van der Waals surface area contributed by atoms with Gasteiger partial charge in [-0.2, -0.15) is 13.2 Å². The molecule has 2 amide bonds. The van der Waals surface area contributed by atoms with Gasteiger partial charge in [-0.05, 0) is 60.5 Å². The molecule has 2 atom stereocenters. The summed E-state index contributed by atoms with van der Waals surface area (Å²) < 4.78 is 44.6. The molecule has 38 heavy (non-hydrogen) atoms. The molecule has 0 saturated carbocycles. The Bertz CT molecular complexity index is 1390. The van der Waals surface area contributed by atoms with Crippen molar-refractivity contribution in [2.75, 3.05) is 18.6 Å². The van der Waals surface area contributed by atoms with E-state index in [4.69, 9.17) is 16.3 Å². The molecular formula is C27H25ClF3N3O4. The van der Waals surface area contributed by atoms with Crippen LogP contribution in [0.5, 0.6) is 5.75 Å². The zero-order valence-corrected chi connectivity index (χ0v) is 21.3. The number of amides is 2. The highest BCUT2D eigenvalue weighted by Crippen LogP contribution is 2.33. The normalized spacial score (nSPS) is 17.5. The lowest BCUT2D eigenvalue weighted by molar-refractivity contribution is -0.136. The zero-order chi connectivity index (χ0) is 27.6. The van der Waals surface area contributed by atoms with Gasteiger partial charge in [0.1, 0.15) is 17.5 Å². The molecule has 0 spiro atoms. The number of carbonyl (C=O) groups is 2. The lowest BCUT2D eigenvalue weighted by Gasteiger charge is -2.20. The van der Waals surface area contributed by atoms with Gasteiger partial charge in [0, 0.05) is 35.8 Å². The van der Waals surface area contributed by atoms with Crippen LogP contribution in [0.3, 0.4) is 0 Å². The third-order valence-electron chi connectivity index (χ3n) is 6.50. The highest BCUT2D eigenvalue weighted by Gasteiger charge is 2.44. The van der Waals surface area contributed by atoms with E-state index in [-0.39, 0.29) is 12.2 Å².